The van der Waals surface area contributed by atoms with Crippen LogP contribution >= 0.6 is 0 Å². The minimum atomic E-state index is -0.901. The first-order valence-corrected chi connectivity index (χ1v) is 10.8. The minimum Gasteiger partial charge on any atom is -0.448 e. The lowest BCUT2D eigenvalue weighted by Crippen LogP contribution is -2.52. The molecule has 0 rings (SSSR count). The molecule has 0 aliphatic carbocycles. The summed E-state index contributed by atoms with van der Waals surface area (Å²) in [6.45, 7) is 2.44. The molecule has 0 aromatic heterocycles. The van der Waals surface area contributed by atoms with Crippen molar-refractivity contribution in [1.82, 2.24) is 16.0 Å². The van der Waals surface area contributed by atoms with E-state index < -0.39 is 18.2 Å². The van der Waals surface area contributed by atoms with E-state index in [-0.39, 0.29) is 25.0 Å². The number of carbonyl (C=O) groups excluding carboxylic acids is 3. The first kappa shape index (κ1) is 28.1. The first-order valence-electron chi connectivity index (χ1n) is 10.8. The predicted octanol–water partition coefficient (Wildman–Crippen LogP) is -1.36. The molecule has 11 N–H and O–H groups in total. The van der Waals surface area contributed by atoms with Crippen molar-refractivity contribution in [3.05, 3.63) is 0 Å². The summed E-state index contributed by atoms with van der Waals surface area (Å²) < 4.78 is 4.85. The highest BCUT2D eigenvalue weighted by Gasteiger charge is 2.23. The topological polar surface area (TPSA) is 201 Å². The Labute approximate surface area is 179 Å². The van der Waals surface area contributed by atoms with Gasteiger partial charge in [-0.25, -0.2) is 4.79 Å². The summed E-state index contributed by atoms with van der Waals surface area (Å²) in [6.07, 6.45) is 4.93. The van der Waals surface area contributed by atoms with Crippen molar-refractivity contribution in [2.24, 2.45) is 22.9 Å². The summed E-state index contributed by atoms with van der Waals surface area (Å²) in [5.41, 5.74) is 21.5. The van der Waals surface area contributed by atoms with Crippen LogP contribution in [-0.4, -0.2) is 69.3 Å². The van der Waals surface area contributed by atoms with Crippen molar-refractivity contribution >= 4 is 17.9 Å². The molecule has 0 heterocycles. The Bertz CT molecular complexity index is 480. The van der Waals surface area contributed by atoms with E-state index in [0.717, 1.165) is 32.1 Å². The molecule has 0 fully saturated rings. The van der Waals surface area contributed by atoms with Crippen LogP contribution in [0.15, 0.2) is 0 Å². The molecule has 0 aliphatic heterocycles. The van der Waals surface area contributed by atoms with Crippen molar-refractivity contribution in [1.29, 1.82) is 0 Å². The van der Waals surface area contributed by atoms with Crippen LogP contribution in [0.2, 0.25) is 0 Å². The summed E-state index contributed by atoms with van der Waals surface area (Å²) in [4.78, 5) is 35.9. The number of hydrogen-bond acceptors (Lipinski definition) is 8. The quantitative estimate of drug-likeness (QED) is 0.121. The summed E-state index contributed by atoms with van der Waals surface area (Å²) in [6, 6.07) is -1.10. The normalized spacial score (nSPS) is 12.8. The molecule has 0 saturated heterocycles. The van der Waals surface area contributed by atoms with Crippen LogP contribution in [0, 0.1) is 0 Å². The molecule has 2 atom stereocenters. The van der Waals surface area contributed by atoms with E-state index in [1.165, 1.54) is 0 Å². The number of rotatable bonds is 19. The maximum atomic E-state index is 12.8. The summed E-state index contributed by atoms with van der Waals surface area (Å²) >= 11 is 0. The molecule has 0 aromatic carbocycles. The van der Waals surface area contributed by atoms with Gasteiger partial charge >= 0.3 is 6.09 Å². The van der Waals surface area contributed by atoms with Crippen molar-refractivity contribution in [3.8, 4) is 0 Å². The van der Waals surface area contributed by atoms with E-state index in [9.17, 15) is 14.4 Å². The second kappa shape index (κ2) is 19.0. The van der Waals surface area contributed by atoms with Crippen LogP contribution in [0.3, 0.4) is 0 Å². The average molecular weight is 432 g/mol. The predicted molar refractivity (Wildman–Crippen MR) is 116 cm³/mol. The highest BCUT2D eigenvalue weighted by atomic mass is 16.5. The van der Waals surface area contributed by atoms with Crippen molar-refractivity contribution in [2.45, 2.75) is 63.5 Å². The van der Waals surface area contributed by atoms with E-state index in [1.807, 2.05) is 0 Å². The Morgan fingerprint density at radius 2 is 1.40 bits per heavy atom. The fourth-order valence-electron chi connectivity index (χ4n) is 2.82. The zero-order valence-electron chi connectivity index (χ0n) is 18.0. The Kier molecular flexibility index (Phi) is 17.8. The van der Waals surface area contributed by atoms with Gasteiger partial charge < -0.3 is 43.6 Å². The van der Waals surface area contributed by atoms with Gasteiger partial charge in [0.2, 0.25) is 11.8 Å². The fraction of sp³-hybridized carbons (Fsp3) is 0.842. The second-order valence-corrected chi connectivity index (χ2v) is 7.20. The maximum absolute atomic E-state index is 12.8. The number of amides is 3. The third kappa shape index (κ3) is 15.9. The van der Waals surface area contributed by atoms with Gasteiger partial charge in [0.25, 0.3) is 0 Å². The van der Waals surface area contributed by atoms with Crippen LogP contribution in [0.4, 0.5) is 4.79 Å². The highest BCUT2D eigenvalue weighted by Crippen LogP contribution is 2.05. The Hall–Kier alpha value is -1.95. The molecule has 0 aromatic rings. The molecule has 0 saturated carbocycles. The molecular weight excluding hydrogens is 390 g/mol. The summed E-state index contributed by atoms with van der Waals surface area (Å²) in [5.74, 6) is -0.585. The van der Waals surface area contributed by atoms with Gasteiger partial charge in [-0.05, 0) is 71.1 Å². The van der Waals surface area contributed by atoms with Gasteiger partial charge in [0.1, 0.15) is 12.6 Å². The lowest BCUT2D eigenvalue weighted by molar-refractivity contribution is -0.129. The van der Waals surface area contributed by atoms with Crippen LogP contribution in [0.25, 0.3) is 0 Å². The number of carbonyl (C=O) groups is 3. The monoisotopic (exact) mass is 431 g/mol. The second-order valence-electron chi connectivity index (χ2n) is 7.20. The number of ether oxygens (including phenoxy) is 1. The molecule has 11 heteroatoms. The van der Waals surface area contributed by atoms with Gasteiger partial charge in [-0.3, -0.25) is 9.59 Å². The molecule has 0 aliphatic rings. The molecule has 176 valence electrons. The third-order valence-corrected chi connectivity index (χ3v) is 4.47. The number of unbranched alkanes of at least 4 members (excludes halogenated alkanes) is 3. The van der Waals surface area contributed by atoms with Gasteiger partial charge in [0.05, 0.1) is 12.6 Å². The lowest BCUT2D eigenvalue weighted by atomic mass is 10.1. The Morgan fingerprint density at radius 3 is 2.00 bits per heavy atom. The molecule has 30 heavy (non-hydrogen) atoms. The van der Waals surface area contributed by atoms with Gasteiger partial charge in [-0.1, -0.05) is 6.42 Å². The number of hydrogen-bond donors (Lipinski definition) is 7. The Morgan fingerprint density at radius 1 is 0.800 bits per heavy atom. The zero-order chi connectivity index (χ0) is 22.6. The molecule has 0 bridgehead atoms. The molecular formula is C19H41N7O4. The van der Waals surface area contributed by atoms with Crippen LogP contribution in [-0.2, 0) is 14.3 Å². The SMILES string of the molecule is NCCCCNCC(=O)NC(CCCCN)C(=O)NC(CCCCN)COC(N)=O. The maximum Gasteiger partial charge on any atom is 0.404 e. The number of nitrogens with one attached hydrogen (secondary N) is 3. The first-order chi connectivity index (χ1) is 14.4. The summed E-state index contributed by atoms with van der Waals surface area (Å²) in [7, 11) is 0. The Balaban J connectivity index is 4.75. The van der Waals surface area contributed by atoms with Crippen LogP contribution < -0.4 is 38.9 Å². The standard InChI is InChI=1S/C19H41N7O4/c20-9-3-1-7-15(14-30-19(23)29)25-18(28)16(8-2-4-10-21)26-17(27)13-24-12-6-5-11-22/h15-16,24H,1-14,20-22H2,(H2,23,29)(H,25,28)(H,26,27). The van der Waals surface area contributed by atoms with E-state index >= 15 is 0 Å². The van der Waals surface area contributed by atoms with Gasteiger partial charge in [-0.15, -0.1) is 0 Å². The molecule has 0 radical (unpaired) electrons. The van der Waals surface area contributed by atoms with Gasteiger partial charge in [-0.2, -0.15) is 0 Å². The summed E-state index contributed by atoms with van der Waals surface area (Å²) in [5, 5.41) is 8.66. The molecule has 11 nitrogen and oxygen atoms in total. The molecule has 0 spiro atoms. The minimum absolute atomic E-state index is 0.0300. The average Bonchev–Trinajstić information content (AvgIpc) is 2.71. The van der Waals surface area contributed by atoms with Crippen LogP contribution in [0.5, 0.6) is 0 Å². The highest BCUT2D eigenvalue weighted by molar-refractivity contribution is 5.88. The van der Waals surface area contributed by atoms with Crippen molar-refractivity contribution in [3.63, 3.8) is 0 Å². The lowest BCUT2D eigenvalue weighted by Gasteiger charge is -2.23. The molecule has 2 unspecified atom stereocenters. The molecule has 3 amide bonds. The fourth-order valence-corrected chi connectivity index (χ4v) is 2.82. The van der Waals surface area contributed by atoms with E-state index in [2.05, 4.69) is 16.0 Å². The van der Waals surface area contributed by atoms with Crippen molar-refractivity contribution < 1.29 is 19.1 Å². The van der Waals surface area contributed by atoms with Crippen molar-refractivity contribution in [2.75, 3.05) is 39.3 Å². The van der Waals surface area contributed by atoms with Gasteiger partial charge in [0.15, 0.2) is 0 Å². The third-order valence-electron chi connectivity index (χ3n) is 4.47. The largest absolute Gasteiger partial charge is 0.448 e. The zero-order valence-corrected chi connectivity index (χ0v) is 18.0. The van der Waals surface area contributed by atoms with E-state index in [0.29, 0.717) is 45.4 Å². The number of nitrogens with two attached hydrogens (primary N) is 4. The smallest absolute Gasteiger partial charge is 0.404 e. The van der Waals surface area contributed by atoms with E-state index in [1.54, 1.807) is 0 Å². The van der Waals surface area contributed by atoms with E-state index in [4.69, 9.17) is 27.7 Å². The number of primary amides is 1. The van der Waals surface area contributed by atoms with Crippen LogP contribution in [0.1, 0.15) is 51.4 Å². The van der Waals surface area contributed by atoms with Gasteiger partial charge in [0, 0.05) is 0 Å².